The summed E-state index contributed by atoms with van der Waals surface area (Å²) in [5, 5.41) is 3.89. The van der Waals surface area contributed by atoms with Gasteiger partial charge in [-0.15, -0.1) is 0 Å². The first-order valence-corrected chi connectivity index (χ1v) is 12.4. The molecule has 6 heteroatoms. The van der Waals surface area contributed by atoms with Gasteiger partial charge >= 0.3 is 0 Å². The third kappa shape index (κ3) is 6.50. The van der Waals surface area contributed by atoms with Crippen molar-refractivity contribution in [3.8, 4) is 5.75 Å². The van der Waals surface area contributed by atoms with E-state index in [0.29, 0.717) is 13.2 Å². The molecule has 33 heavy (non-hydrogen) atoms. The molecule has 0 saturated carbocycles. The summed E-state index contributed by atoms with van der Waals surface area (Å²) in [6, 6.07) is 12.2. The summed E-state index contributed by atoms with van der Waals surface area (Å²) in [5.41, 5.74) is 4.22. The molecule has 1 N–H and O–H groups in total. The number of benzene rings is 2. The minimum absolute atomic E-state index is 0.114. The summed E-state index contributed by atoms with van der Waals surface area (Å²) in [7, 11) is 0. The van der Waals surface area contributed by atoms with Gasteiger partial charge in [0.1, 0.15) is 11.6 Å². The fourth-order valence-corrected chi connectivity index (χ4v) is 4.34. The first-order valence-electron chi connectivity index (χ1n) is 12.1. The van der Waals surface area contributed by atoms with Crippen molar-refractivity contribution < 1.29 is 9.53 Å². The number of imidazole rings is 1. The van der Waals surface area contributed by atoms with E-state index >= 15 is 0 Å². The Balaban J connectivity index is 1.58. The molecule has 5 nitrogen and oxygen atoms in total. The number of carbonyl (C=O) groups is 1. The highest BCUT2D eigenvalue weighted by atomic mass is 35.5. The second-order valence-electron chi connectivity index (χ2n) is 8.65. The zero-order valence-electron chi connectivity index (χ0n) is 20.3. The molecule has 0 fully saturated rings. The molecule has 0 spiro atoms. The molecule has 0 aliphatic carbocycles. The molecular formula is C27H36ClN3O2. The quantitative estimate of drug-likeness (QED) is 0.318. The van der Waals surface area contributed by atoms with Crippen LogP contribution in [-0.4, -0.2) is 28.6 Å². The minimum Gasteiger partial charge on any atom is -0.494 e. The van der Waals surface area contributed by atoms with Gasteiger partial charge in [0, 0.05) is 30.5 Å². The van der Waals surface area contributed by atoms with Gasteiger partial charge in [-0.25, -0.2) is 4.98 Å². The number of aryl methyl sites for hydroxylation is 4. The summed E-state index contributed by atoms with van der Waals surface area (Å²) < 4.78 is 8.29. The van der Waals surface area contributed by atoms with Crippen molar-refractivity contribution in [1.29, 1.82) is 0 Å². The lowest BCUT2D eigenvalue weighted by molar-refractivity contribution is -0.125. The average Bonchev–Trinajstić information content (AvgIpc) is 3.16. The summed E-state index contributed by atoms with van der Waals surface area (Å²) in [6.07, 6.45) is 4.34. The molecule has 1 amide bonds. The Kier molecular flexibility index (Phi) is 9.19. The molecule has 3 aromatic rings. The van der Waals surface area contributed by atoms with Crippen molar-refractivity contribution in [2.24, 2.45) is 5.92 Å². The van der Waals surface area contributed by atoms with Crippen LogP contribution in [0.25, 0.3) is 11.0 Å². The van der Waals surface area contributed by atoms with E-state index in [1.165, 1.54) is 0 Å². The number of ether oxygens (including phenoxy) is 1. The van der Waals surface area contributed by atoms with Crippen LogP contribution in [-0.2, 0) is 17.8 Å². The standard InChI is InChI=1S/C27H36ClN3O2/c1-5-21(6-2)27(32)29-14-9-13-25-30-23-11-7-8-12-24(23)31(25)15-10-16-33-22-17-19(3)26(28)20(4)18-22/h7-8,11-12,17-18,21H,5-6,9-10,13-16H2,1-4H3,(H,29,32). The van der Waals surface area contributed by atoms with Gasteiger partial charge in [0.05, 0.1) is 17.6 Å². The van der Waals surface area contributed by atoms with Crippen molar-refractivity contribution in [3.63, 3.8) is 0 Å². The van der Waals surface area contributed by atoms with Gasteiger partial charge in [-0.2, -0.15) is 0 Å². The number of aromatic nitrogens is 2. The summed E-state index contributed by atoms with van der Waals surface area (Å²) >= 11 is 6.26. The smallest absolute Gasteiger partial charge is 0.223 e. The summed E-state index contributed by atoms with van der Waals surface area (Å²) in [6.45, 7) is 10.3. The van der Waals surface area contributed by atoms with Gasteiger partial charge < -0.3 is 14.6 Å². The zero-order valence-corrected chi connectivity index (χ0v) is 21.0. The van der Waals surface area contributed by atoms with E-state index in [2.05, 4.69) is 41.9 Å². The molecule has 1 aromatic heterocycles. The first kappa shape index (κ1) is 25.1. The molecule has 3 rings (SSSR count). The van der Waals surface area contributed by atoms with Crippen LogP contribution in [0.15, 0.2) is 36.4 Å². The highest BCUT2D eigenvalue weighted by Gasteiger charge is 2.14. The Morgan fingerprint density at radius 1 is 1.12 bits per heavy atom. The first-order chi connectivity index (χ1) is 15.9. The van der Waals surface area contributed by atoms with Crippen LogP contribution in [0, 0.1) is 19.8 Å². The van der Waals surface area contributed by atoms with Crippen LogP contribution in [0.4, 0.5) is 0 Å². The molecule has 178 valence electrons. The van der Waals surface area contributed by atoms with E-state index in [0.717, 1.165) is 77.4 Å². The number of carbonyl (C=O) groups excluding carboxylic acids is 1. The number of fused-ring (bicyclic) bond motifs is 1. The topological polar surface area (TPSA) is 56.2 Å². The maximum absolute atomic E-state index is 12.2. The second kappa shape index (κ2) is 12.1. The van der Waals surface area contributed by atoms with E-state index in [-0.39, 0.29) is 11.8 Å². The lowest BCUT2D eigenvalue weighted by Crippen LogP contribution is -2.31. The number of nitrogens with one attached hydrogen (secondary N) is 1. The number of nitrogens with zero attached hydrogens (tertiary/aromatic N) is 2. The highest BCUT2D eigenvalue weighted by molar-refractivity contribution is 6.32. The molecule has 0 aliphatic heterocycles. The van der Waals surface area contributed by atoms with Crippen LogP contribution in [0.5, 0.6) is 5.75 Å². The number of hydrogen-bond donors (Lipinski definition) is 1. The number of hydrogen-bond acceptors (Lipinski definition) is 3. The number of para-hydroxylation sites is 2. The molecule has 0 saturated heterocycles. The Labute approximate surface area is 202 Å². The van der Waals surface area contributed by atoms with Crippen molar-refractivity contribution in [2.45, 2.75) is 66.3 Å². The molecular weight excluding hydrogens is 434 g/mol. The molecule has 2 aromatic carbocycles. The number of amides is 1. The van der Waals surface area contributed by atoms with Gasteiger partial charge in [-0.3, -0.25) is 4.79 Å². The van der Waals surface area contributed by atoms with E-state index in [1.807, 2.05) is 32.0 Å². The van der Waals surface area contributed by atoms with Gasteiger partial charge in [-0.1, -0.05) is 37.6 Å². The van der Waals surface area contributed by atoms with Gasteiger partial charge in [0.15, 0.2) is 0 Å². The summed E-state index contributed by atoms with van der Waals surface area (Å²) in [4.78, 5) is 17.1. The Hall–Kier alpha value is -2.53. The van der Waals surface area contributed by atoms with Gasteiger partial charge in [0.2, 0.25) is 5.91 Å². The maximum Gasteiger partial charge on any atom is 0.223 e. The van der Waals surface area contributed by atoms with Crippen LogP contribution < -0.4 is 10.1 Å². The third-order valence-corrected chi connectivity index (χ3v) is 6.77. The molecule has 1 heterocycles. The predicted octanol–water partition coefficient (Wildman–Crippen LogP) is 6.26. The molecule has 0 bridgehead atoms. The van der Waals surface area contributed by atoms with E-state index < -0.39 is 0 Å². The molecule has 0 atom stereocenters. The Bertz CT molecular complexity index is 1050. The predicted molar refractivity (Wildman–Crippen MR) is 136 cm³/mol. The Morgan fingerprint density at radius 2 is 1.82 bits per heavy atom. The molecule has 0 radical (unpaired) electrons. The lowest BCUT2D eigenvalue weighted by Gasteiger charge is -2.13. The SMILES string of the molecule is CCC(CC)C(=O)NCCCc1nc2ccccc2n1CCCOc1cc(C)c(Cl)c(C)c1. The van der Waals surface area contributed by atoms with Crippen molar-refractivity contribution in [3.05, 3.63) is 58.4 Å². The van der Waals surface area contributed by atoms with Crippen LogP contribution >= 0.6 is 11.6 Å². The monoisotopic (exact) mass is 469 g/mol. The lowest BCUT2D eigenvalue weighted by atomic mass is 10.0. The molecule has 0 aliphatic rings. The maximum atomic E-state index is 12.2. The third-order valence-electron chi connectivity index (χ3n) is 6.17. The molecule has 0 unspecified atom stereocenters. The number of rotatable bonds is 12. The minimum atomic E-state index is 0.114. The van der Waals surface area contributed by atoms with E-state index in [4.69, 9.17) is 21.3 Å². The highest BCUT2D eigenvalue weighted by Crippen LogP contribution is 2.26. The van der Waals surface area contributed by atoms with Crippen LogP contribution in [0.3, 0.4) is 0 Å². The van der Waals surface area contributed by atoms with Crippen LogP contribution in [0.1, 0.15) is 56.5 Å². The van der Waals surface area contributed by atoms with Crippen molar-refractivity contribution in [1.82, 2.24) is 14.9 Å². The van der Waals surface area contributed by atoms with Gasteiger partial charge in [0.25, 0.3) is 0 Å². The van der Waals surface area contributed by atoms with Crippen molar-refractivity contribution in [2.75, 3.05) is 13.2 Å². The summed E-state index contributed by atoms with van der Waals surface area (Å²) in [5.74, 6) is 2.20. The van der Waals surface area contributed by atoms with Crippen LogP contribution in [0.2, 0.25) is 5.02 Å². The van der Waals surface area contributed by atoms with Gasteiger partial charge in [-0.05, 0) is 74.9 Å². The fraction of sp³-hybridized carbons (Fsp3) is 0.481. The zero-order chi connectivity index (χ0) is 23.8. The Morgan fingerprint density at radius 3 is 2.52 bits per heavy atom. The van der Waals surface area contributed by atoms with E-state index in [1.54, 1.807) is 0 Å². The normalized spacial score (nSPS) is 11.3. The fourth-order valence-electron chi connectivity index (χ4n) is 4.23. The van der Waals surface area contributed by atoms with Crippen molar-refractivity contribution >= 4 is 28.5 Å². The largest absolute Gasteiger partial charge is 0.494 e. The number of halogens is 1. The average molecular weight is 470 g/mol. The van der Waals surface area contributed by atoms with E-state index in [9.17, 15) is 4.79 Å². The second-order valence-corrected chi connectivity index (χ2v) is 9.03.